The quantitative estimate of drug-likeness (QED) is 0.656. The van der Waals surface area contributed by atoms with Gasteiger partial charge in [-0.05, 0) is 31.5 Å². The molecule has 0 fully saturated rings. The highest BCUT2D eigenvalue weighted by Crippen LogP contribution is 2.41. The summed E-state index contributed by atoms with van der Waals surface area (Å²) in [4.78, 5) is 15.3. The number of carbonyl (C=O) groups is 1. The van der Waals surface area contributed by atoms with Gasteiger partial charge in [-0.15, -0.1) is 0 Å². The molecule has 1 aliphatic heterocycles. The standard InChI is InChI=1S/C24H24N2O3/c1-24(2)15-17-8-7-11-21(23(17)29-24)28-13-6-5-12-25-22(27)14-18-16-26-20-10-4-3-9-19(18)20/h3-4,7-11,16,26H,12-15H2,1-2H3,(H,25,27). The van der Waals surface area contributed by atoms with Gasteiger partial charge in [0.05, 0.1) is 13.0 Å². The maximum absolute atomic E-state index is 12.2. The fraction of sp³-hybridized carbons (Fsp3) is 0.292. The zero-order chi connectivity index (χ0) is 20.3. The highest BCUT2D eigenvalue weighted by atomic mass is 16.5. The van der Waals surface area contributed by atoms with E-state index in [-0.39, 0.29) is 18.1 Å². The molecular formula is C24H24N2O3. The molecule has 5 nitrogen and oxygen atoms in total. The third-order valence-corrected chi connectivity index (χ3v) is 4.88. The predicted octanol–water partition coefficient (Wildman–Crippen LogP) is 3.62. The van der Waals surface area contributed by atoms with Gasteiger partial charge >= 0.3 is 0 Å². The first-order valence-electron chi connectivity index (χ1n) is 9.73. The van der Waals surface area contributed by atoms with Crippen LogP contribution in [-0.4, -0.2) is 29.6 Å². The molecule has 5 heteroatoms. The molecular weight excluding hydrogens is 364 g/mol. The Kier molecular flexibility index (Phi) is 5.18. The van der Waals surface area contributed by atoms with Gasteiger partial charge in [0.25, 0.3) is 0 Å². The highest BCUT2D eigenvalue weighted by Gasteiger charge is 2.32. The maximum Gasteiger partial charge on any atom is 0.225 e. The number of hydrogen-bond donors (Lipinski definition) is 2. The monoisotopic (exact) mass is 388 g/mol. The summed E-state index contributed by atoms with van der Waals surface area (Å²) >= 11 is 0. The van der Waals surface area contributed by atoms with Crippen LogP contribution in [0.15, 0.2) is 48.7 Å². The third-order valence-electron chi connectivity index (χ3n) is 4.88. The van der Waals surface area contributed by atoms with Gasteiger partial charge in [0.1, 0.15) is 12.2 Å². The van der Waals surface area contributed by atoms with Crippen molar-refractivity contribution in [1.82, 2.24) is 10.3 Å². The molecule has 2 N–H and O–H groups in total. The maximum atomic E-state index is 12.2. The Balaban J connectivity index is 1.25. The molecule has 0 spiro atoms. The van der Waals surface area contributed by atoms with Gasteiger partial charge in [-0.25, -0.2) is 0 Å². The number of hydrogen-bond acceptors (Lipinski definition) is 3. The molecule has 4 rings (SSSR count). The normalized spacial score (nSPS) is 13.9. The summed E-state index contributed by atoms with van der Waals surface area (Å²) in [5, 5.41) is 3.90. The van der Waals surface area contributed by atoms with Gasteiger partial charge in [-0.3, -0.25) is 4.79 Å². The molecule has 29 heavy (non-hydrogen) atoms. The lowest BCUT2D eigenvalue weighted by atomic mass is 10.0. The van der Waals surface area contributed by atoms with Crippen molar-refractivity contribution in [3.05, 3.63) is 59.8 Å². The minimum absolute atomic E-state index is 0.0542. The first-order valence-corrected chi connectivity index (χ1v) is 9.73. The topological polar surface area (TPSA) is 63.3 Å². The van der Waals surface area contributed by atoms with Crippen LogP contribution < -0.4 is 14.8 Å². The molecule has 2 aromatic carbocycles. The molecule has 0 radical (unpaired) electrons. The van der Waals surface area contributed by atoms with Gasteiger partial charge in [0, 0.05) is 29.1 Å². The molecule has 0 saturated carbocycles. The molecule has 1 aromatic heterocycles. The van der Waals surface area contributed by atoms with Crippen molar-refractivity contribution < 1.29 is 14.3 Å². The number of nitrogens with one attached hydrogen (secondary N) is 2. The van der Waals surface area contributed by atoms with Crippen LogP contribution in [0.3, 0.4) is 0 Å². The number of rotatable bonds is 5. The Hall–Kier alpha value is -3.39. The number of aromatic amines is 1. The van der Waals surface area contributed by atoms with Gasteiger partial charge in [-0.2, -0.15) is 0 Å². The fourth-order valence-electron chi connectivity index (χ4n) is 3.58. The molecule has 0 unspecified atom stereocenters. The van der Waals surface area contributed by atoms with Crippen LogP contribution in [-0.2, 0) is 17.6 Å². The smallest absolute Gasteiger partial charge is 0.225 e. The van der Waals surface area contributed by atoms with E-state index >= 15 is 0 Å². The zero-order valence-electron chi connectivity index (χ0n) is 16.7. The lowest BCUT2D eigenvalue weighted by Gasteiger charge is -2.17. The largest absolute Gasteiger partial charge is 0.483 e. The number of H-pyrrole nitrogens is 1. The fourth-order valence-corrected chi connectivity index (χ4v) is 3.58. The van der Waals surface area contributed by atoms with Crippen LogP contribution in [0.5, 0.6) is 11.5 Å². The second-order valence-corrected chi connectivity index (χ2v) is 7.74. The SMILES string of the molecule is CC1(C)Cc2cccc(OCC#CCNC(=O)Cc3c[nH]c4ccccc34)c2O1. The number of para-hydroxylation sites is 2. The van der Waals surface area contributed by atoms with Crippen LogP contribution >= 0.6 is 0 Å². The van der Waals surface area contributed by atoms with E-state index in [1.807, 2.05) is 42.6 Å². The summed E-state index contributed by atoms with van der Waals surface area (Å²) < 4.78 is 11.7. The third kappa shape index (κ3) is 4.38. The van der Waals surface area contributed by atoms with E-state index in [1.54, 1.807) is 0 Å². The summed E-state index contributed by atoms with van der Waals surface area (Å²) in [6, 6.07) is 13.9. The molecule has 0 aliphatic carbocycles. The van der Waals surface area contributed by atoms with Crippen molar-refractivity contribution >= 4 is 16.8 Å². The molecule has 1 amide bonds. The first-order chi connectivity index (χ1) is 14.0. The van der Waals surface area contributed by atoms with Crippen LogP contribution in [0, 0.1) is 11.8 Å². The van der Waals surface area contributed by atoms with E-state index in [0.717, 1.165) is 34.2 Å². The number of benzene rings is 2. The lowest BCUT2D eigenvalue weighted by Crippen LogP contribution is -2.25. The second kappa shape index (κ2) is 7.92. The van der Waals surface area contributed by atoms with E-state index < -0.39 is 0 Å². The highest BCUT2D eigenvalue weighted by molar-refractivity contribution is 5.88. The van der Waals surface area contributed by atoms with Crippen molar-refractivity contribution in [2.75, 3.05) is 13.2 Å². The minimum atomic E-state index is -0.206. The van der Waals surface area contributed by atoms with Crippen molar-refractivity contribution in [2.24, 2.45) is 0 Å². The molecule has 0 saturated heterocycles. The number of carbonyl (C=O) groups excluding carboxylic acids is 1. The number of ether oxygens (including phenoxy) is 2. The van der Waals surface area contributed by atoms with E-state index in [0.29, 0.717) is 18.7 Å². The van der Waals surface area contributed by atoms with E-state index in [9.17, 15) is 4.79 Å². The minimum Gasteiger partial charge on any atom is -0.483 e. The molecule has 2 heterocycles. The average molecular weight is 388 g/mol. The molecule has 3 aromatic rings. The van der Waals surface area contributed by atoms with Gasteiger partial charge in [0.15, 0.2) is 11.5 Å². The number of aromatic nitrogens is 1. The summed E-state index contributed by atoms with van der Waals surface area (Å²) in [6.07, 6.45) is 3.07. The van der Waals surface area contributed by atoms with Crippen molar-refractivity contribution in [3.8, 4) is 23.3 Å². The van der Waals surface area contributed by atoms with Gasteiger partial charge in [0.2, 0.25) is 5.91 Å². The molecule has 0 atom stereocenters. The summed E-state index contributed by atoms with van der Waals surface area (Å²) in [7, 11) is 0. The van der Waals surface area contributed by atoms with Crippen LogP contribution in [0.2, 0.25) is 0 Å². The molecule has 148 valence electrons. The summed E-state index contributed by atoms with van der Waals surface area (Å²) in [5.74, 6) is 7.34. The Morgan fingerprint density at radius 3 is 2.97 bits per heavy atom. The summed E-state index contributed by atoms with van der Waals surface area (Å²) in [6.45, 7) is 4.67. The van der Waals surface area contributed by atoms with E-state index in [4.69, 9.17) is 9.47 Å². The van der Waals surface area contributed by atoms with Crippen LogP contribution in [0.25, 0.3) is 10.9 Å². The predicted molar refractivity (Wildman–Crippen MR) is 113 cm³/mol. The lowest BCUT2D eigenvalue weighted by molar-refractivity contribution is -0.120. The number of fused-ring (bicyclic) bond motifs is 2. The Morgan fingerprint density at radius 2 is 2.07 bits per heavy atom. The van der Waals surface area contributed by atoms with E-state index in [2.05, 4.69) is 42.1 Å². The Morgan fingerprint density at radius 1 is 1.21 bits per heavy atom. The van der Waals surface area contributed by atoms with E-state index in [1.165, 1.54) is 0 Å². The van der Waals surface area contributed by atoms with Crippen LogP contribution in [0.4, 0.5) is 0 Å². The average Bonchev–Trinajstić information content (AvgIpc) is 3.24. The van der Waals surface area contributed by atoms with Gasteiger partial charge in [-0.1, -0.05) is 42.2 Å². The molecule has 1 aliphatic rings. The number of amides is 1. The van der Waals surface area contributed by atoms with Crippen molar-refractivity contribution in [3.63, 3.8) is 0 Å². The van der Waals surface area contributed by atoms with Crippen molar-refractivity contribution in [1.29, 1.82) is 0 Å². The van der Waals surface area contributed by atoms with Crippen molar-refractivity contribution in [2.45, 2.75) is 32.3 Å². The molecule has 0 bridgehead atoms. The first kappa shape index (κ1) is 18.9. The van der Waals surface area contributed by atoms with Crippen LogP contribution in [0.1, 0.15) is 25.0 Å². The summed E-state index contributed by atoms with van der Waals surface area (Å²) in [5.41, 5.74) is 2.97. The Labute approximate surface area is 170 Å². The second-order valence-electron chi connectivity index (χ2n) is 7.74. The Bertz CT molecular complexity index is 1100. The van der Waals surface area contributed by atoms with Gasteiger partial charge < -0.3 is 19.8 Å². The zero-order valence-corrected chi connectivity index (χ0v) is 16.7.